The number of thioether (sulfide) groups is 1. The minimum Gasteiger partial charge on any atom is -0.357 e. The summed E-state index contributed by atoms with van der Waals surface area (Å²) in [6.45, 7) is 5.53. The fraction of sp³-hybridized carbons (Fsp3) is 0.412. The third-order valence-electron chi connectivity index (χ3n) is 4.19. The lowest BCUT2D eigenvalue weighted by atomic mass is 10.2. The van der Waals surface area contributed by atoms with Crippen molar-refractivity contribution in [3.8, 4) is 0 Å². The lowest BCUT2D eigenvalue weighted by Gasteiger charge is -2.35. The van der Waals surface area contributed by atoms with E-state index < -0.39 is 0 Å². The summed E-state index contributed by atoms with van der Waals surface area (Å²) in [4.78, 5) is 49.8. The molecule has 26 heavy (non-hydrogen) atoms. The van der Waals surface area contributed by atoms with Gasteiger partial charge >= 0.3 is 0 Å². The number of nitrogens with one attached hydrogen (secondary N) is 2. The predicted octanol–water partition coefficient (Wildman–Crippen LogP) is 0.872. The van der Waals surface area contributed by atoms with E-state index in [1.165, 1.54) is 17.8 Å². The highest BCUT2D eigenvalue weighted by Crippen LogP contribution is 2.21. The number of hydrogen-bond donors (Lipinski definition) is 2. The summed E-state index contributed by atoms with van der Waals surface area (Å²) >= 11 is 1.24. The molecule has 1 atom stereocenters. The fourth-order valence-corrected chi connectivity index (χ4v) is 3.79. The van der Waals surface area contributed by atoms with Crippen molar-refractivity contribution in [3.63, 3.8) is 0 Å². The minimum atomic E-state index is -0.370. The molecule has 9 heteroatoms. The molecule has 2 aromatic heterocycles. The predicted molar refractivity (Wildman–Crippen MR) is 98.2 cm³/mol. The van der Waals surface area contributed by atoms with E-state index in [9.17, 15) is 14.4 Å². The number of piperazine rings is 1. The highest BCUT2D eigenvalue weighted by Gasteiger charge is 2.28. The molecule has 8 nitrogen and oxygen atoms in total. The van der Waals surface area contributed by atoms with Crippen molar-refractivity contribution >= 4 is 23.6 Å². The van der Waals surface area contributed by atoms with Crippen LogP contribution in [0.5, 0.6) is 0 Å². The van der Waals surface area contributed by atoms with Crippen LogP contribution in [-0.4, -0.2) is 68.0 Å². The van der Waals surface area contributed by atoms with Gasteiger partial charge in [-0.3, -0.25) is 14.4 Å². The van der Waals surface area contributed by atoms with Crippen molar-refractivity contribution in [2.75, 3.05) is 26.2 Å². The molecule has 3 rings (SSSR count). The summed E-state index contributed by atoms with van der Waals surface area (Å²) in [5.74, 6) is -0.0720. The van der Waals surface area contributed by atoms with Crippen LogP contribution >= 0.6 is 11.8 Å². The van der Waals surface area contributed by atoms with Crippen LogP contribution in [0.15, 0.2) is 34.3 Å². The summed E-state index contributed by atoms with van der Waals surface area (Å²) in [5.41, 5.74) is 0.951. The first-order chi connectivity index (χ1) is 12.4. The number of nitrogens with zero attached hydrogens (tertiary/aromatic N) is 3. The number of amides is 2. The van der Waals surface area contributed by atoms with Crippen LogP contribution < -0.4 is 5.56 Å². The third kappa shape index (κ3) is 4.16. The Morgan fingerprint density at radius 3 is 2.54 bits per heavy atom. The SMILES string of the molecule is Cc1cc(=O)[nH]c(S[C@H](C)C(=O)N2CCN(C(=O)c3ccc[nH]3)CC2)n1. The Labute approximate surface area is 155 Å². The fourth-order valence-electron chi connectivity index (χ4n) is 2.85. The van der Waals surface area contributed by atoms with E-state index in [0.717, 1.165) is 0 Å². The Bertz CT molecular complexity index is 840. The van der Waals surface area contributed by atoms with Crippen molar-refractivity contribution < 1.29 is 9.59 Å². The van der Waals surface area contributed by atoms with E-state index in [1.54, 1.807) is 42.0 Å². The molecular formula is C17H21N5O3S. The molecule has 1 fully saturated rings. The van der Waals surface area contributed by atoms with Crippen molar-refractivity contribution in [2.45, 2.75) is 24.3 Å². The second-order valence-electron chi connectivity index (χ2n) is 6.15. The van der Waals surface area contributed by atoms with Crippen LogP contribution in [0.25, 0.3) is 0 Å². The average molecular weight is 375 g/mol. The Morgan fingerprint density at radius 2 is 1.92 bits per heavy atom. The molecule has 3 heterocycles. The van der Waals surface area contributed by atoms with Crippen molar-refractivity contribution in [3.05, 3.63) is 46.1 Å². The lowest BCUT2D eigenvalue weighted by Crippen LogP contribution is -2.52. The third-order valence-corrected chi connectivity index (χ3v) is 5.16. The molecule has 1 aliphatic heterocycles. The molecule has 0 spiro atoms. The van der Waals surface area contributed by atoms with E-state index in [2.05, 4.69) is 15.0 Å². The maximum absolute atomic E-state index is 12.7. The van der Waals surface area contributed by atoms with Gasteiger partial charge in [0.2, 0.25) is 5.91 Å². The Balaban J connectivity index is 1.56. The molecular weight excluding hydrogens is 354 g/mol. The summed E-state index contributed by atoms with van der Waals surface area (Å²) in [6, 6.07) is 4.95. The minimum absolute atomic E-state index is 0.0221. The standard InChI is InChI=1S/C17H21N5O3S/c1-11-10-14(23)20-17(19-11)26-12(2)15(24)21-6-8-22(9-7-21)16(25)13-4-3-5-18-13/h3-5,10,12,18H,6-9H2,1-2H3,(H,19,20,23)/t12-/m1/s1. The largest absolute Gasteiger partial charge is 0.357 e. The van der Waals surface area contributed by atoms with E-state index in [0.29, 0.717) is 42.7 Å². The van der Waals surface area contributed by atoms with Crippen LogP contribution in [0, 0.1) is 6.92 Å². The normalized spacial score (nSPS) is 15.8. The maximum atomic E-state index is 12.7. The molecule has 1 saturated heterocycles. The van der Waals surface area contributed by atoms with Crippen molar-refractivity contribution in [1.29, 1.82) is 0 Å². The topological polar surface area (TPSA) is 102 Å². The molecule has 0 aliphatic carbocycles. The number of H-pyrrole nitrogens is 2. The molecule has 2 N–H and O–H groups in total. The zero-order valence-corrected chi connectivity index (χ0v) is 15.5. The number of hydrogen-bond acceptors (Lipinski definition) is 5. The Morgan fingerprint density at radius 1 is 1.23 bits per heavy atom. The van der Waals surface area contributed by atoms with Gasteiger partial charge in [-0.05, 0) is 26.0 Å². The van der Waals surface area contributed by atoms with Gasteiger partial charge in [0.25, 0.3) is 11.5 Å². The van der Waals surface area contributed by atoms with Gasteiger partial charge in [0.15, 0.2) is 5.16 Å². The van der Waals surface area contributed by atoms with Gasteiger partial charge in [-0.25, -0.2) is 4.98 Å². The summed E-state index contributed by atoms with van der Waals surface area (Å²) in [7, 11) is 0. The molecule has 0 unspecified atom stereocenters. The van der Waals surface area contributed by atoms with Crippen molar-refractivity contribution in [1.82, 2.24) is 24.8 Å². The average Bonchev–Trinajstić information content (AvgIpc) is 3.14. The van der Waals surface area contributed by atoms with E-state index >= 15 is 0 Å². The van der Waals surface area contributed by atoms with Crippen molar-refractivity contribution in [2.24, 2.45) is 0 Å². The van der Waals surface area contributed by atoms with E-state index in [-0.39, 0.29) is 22.6 Å². The number of carbonyl (C=O) groups is 2. The molecule has 0 bridgehead atoms. The van der Waals surface area contributed by atoms with Crippen LogP contribution in [0.2, 0.25) is 0 Å². The van der Waals surface area contributed by atoms with Gasteiger partial charge in [0, 0.05) is 44.1 Å². The Hall–Kier alpha value is -2.55. The summed E-state index contributed by atoms with van der Waals surface area (Å²) in [6.07, 6.45) is 1.72. The van der Waals surface area contributed by atoms with Gasteiger partial charge in [-0.1, -0.05) is 11.8 Å². The first-order valence-corrected chi connectivity index (χ1v) is 9.28. The summed E-state index contributed by atoms with van der Waals surface area (Å²) in [5, 5.41) is 0.0713. The smallest absolute Gasteiger partial charge is 0.270 e. The van der Waals surface area contributed by atoms with Crippen LogP contribution in [-0.2, 0) is 4.79 Å². The van der Waals surface area contributed by atoms with Gasteiger partial charge in [-0.2, -0.15) is 0 Å². The summed E-state index contributed by atoms with van der Waals surface area (Å²) < 4.78 is 0. The highest BCUT2D eigenvalue weighted by molar-refractivity contribution is 8.00. The molecule has 1 aliphatic rings. The number of carbonyl (C=O) groups excluding carboxylic acids is 2. The van der Waals surface area contributed by atoms with Crippen LogP contribution in [0.4, 0.5) is 0 Å². The van der Waals surface area contributed by atoms with Gasteiger partial charge in [-0.15, -0.1) is 0 Å². The zero-order chi connectivity index (χ0) is 18.7. The number of rotatable bonds is 4. The molecule has 2 amide bonds. The monoisotopic (exact) mass is 375 g/mol. The first-order valence-electron chi connectivity index (χ1n) is 8.40. The number of aryl methyl sites for hydroxylation is 1. The van der Waals surface area contributed by atoms with E-state index in [1.807, 2.05) is 0 Å². The van der Waals surface area contributed by atoms with Crippen LogP contribution in [0.3, 0.4) is 0 Å². The van der Waals surface area contributed by atoms with Gasteiger partial charge < -0.3 is 19.8 Å². The quantitative estimate of drug-likeness (QED) is 0.610. The lowest BCUT2D eigenvalue weighted by molar-refractivity contribution is -0.131. The highest BCUT2D eigenvalue weighted by atomic mass is 32.2. The Kier molecular flexibility index (Phi) is 5.46. The number of aromatic amines is 2. The molecule has 138 valence electrons. The zero-order valence-electron chi connectivity index (χ0n) is 14.7. The molecule has 2 aromatic rings. The van der Waals surface area contributed by atoms with Crippen LogP contribution in [0.1, 0.15) is 23.1 Å². The second-order valence-corrected chi connectivity index (χ2v) is 7.48. The van der Waals surface area contributed by atoms with Gasteiger partial charge in [0.1, 0.15) is 5.69 Å². The van der Waals surface area contributed by atoms with E-state index in [4.69, 9.17) is 0 Å². The second kappa shape index (κ2) is 7.77. The number of aromatic nitrogens is 3. The first kappa shape index (κ1) is 18.2. The molecule has 0 saturated carbocycles. The maximum Gasteiger partial charge on any atom is 0.270 e. The molecule has 0 aromatic carbocycles. The van der Waals surface area contributed by atoms with Gasteiger partial charge in [0.05, 0.1) is 5.25 Å². The molecule has 0 radical (unpaired) electrons.